The first-order chi connectivity index (χ1) is 19.4. The van der Waals surface area contributed by atoms with E-state index in [1.807, 2.05) is 6.92 Å². The minimum atomic E-state index is -1.07. The quantitative estimate of drug-likeness (QED) is 0.143. The van der Waals surface area contributed by atoms with E-state index in [-0.39, 0.29) is 35.9 Å². The number of aliphatic hydroxyl groups is 1. The molecule has 41 heavy (non-hydrogen) atoms. The van der Waals surface area contributed by atoms with Crippen molar-refractivity contribution in [3.05, 3.63) is 10.6 Å². The number of nitrogens with one attached hydrogen (secondary N) is 1. The molecule has 0 aromatic carbocycles. The van der Waals surface area contributed by atoms with Gasteiger partial charge in [0.15, 0.2) is 0 Å². The Balaban J connectivity index is 1.67. The lowest BCUT2D eigenvalue weighted by Crippen LogP contribution is -2.63. The number of carbonyl (C=O) groups excluding carboxylic acids is 5. The highest BCUT2D eigenvalue weighted by atomic mass is 32.2. The first-order valence-electron chi connectivity index (χ1n) is 13.5. The molecule has 3 heterocycles. The zero-order valence-corrected chi connectivity index (χ0v) is 24.8. The number of esters is 2. The van der Waals surface area contributed by atoms with Gasteiger partial charge >= 0.3 is 24.2 Å². The maximum atomic E-state index is 13.1. The Bertz CT molecular complexity index is 1050. The van der Waals surface area contributed by atoms with Crippen molar-refractivity contribution in [2.75, 3.05) is 26.6 Å². The van der Waals surface area contributed by atoms with Crippen molar-refractivity contribution in [3.8, 4) is 0 Å². The Kier molecular flexibility index (Phi) is 11.3. The normalized spacial score (nSPS) is 26.6. The van der Waals surface area contributed by atoms with Crippen LogP contribution in [-0.4, -0.2) is 96.4 Å². The number of amides is 2. The lowest BCUT2D eigenvalue weighted by atomic mass is 9.79. The van der Waals surface area contributed by atoms with Crippen LogP contribution in [0, 0.1) is 17.8 Å². The largest absolute Gasteiger partial charge is 0.511 e. The lowest BCUT2D eigenvalue weighted by Gasteiger charge is -2.46. The molecule has 0 aliphatic carbocycles. The Morgan fingerprint density at radius 3 is 2.46 bits per heavy atom. The summed E-state index contributed by atoms with van der Waals surface area (Å²) >= 11 is 1.34. The van der Waals surface area contributed by atoms with Crippen LogP contribution in [0.15, 0.2) is 10.6 Å². The van der Waals surface area contributed by atoms with E-state index in [2.05, 4.69) is 10.1 Å². The van der Waals surface area contributed by atoms with Gasteiger partial charge < -0.3 is 43.7 Å². The van der Waals surface area contributed by atoms with Crippen LogP contribution in [-0.2, 0) is 42.8 Å². The van der Waals surface area contributed by atoms with Gasteiger partial charge in [0.2, 0.25) is 19.0 Å². The number of carbonyl (C=O) groups is 5. The van der Waals surface area contributed by atoms with E-state index >= 15 is 0 Å². The van der Waals surface area contributed by atoms with Crippen LogP contribution in [0.5, 0.6) is 0 Å². The first-order valence-corrected chi connectivity index (χ1v) is 14.4. The molecule has 0 saturated carbocycles. The molecule has 3 rings (SSSR count). The van der Waals surface area contributed by atoms with Crippen molar-refractivity contribution in [1.82, 2.24) is 10.2 Å². The van der Waals surface area contributed by atoms with E-state index in [9.17, 15) is 29.1 Å². The summed E-state index contributed by atoms with van der Waals surface area (Å²) in [4.78, 5) is 63.3. The summed E-state index contributed by atoms with van der Waals surface area (Å²) in [5.74, 6) is -3.11. The van der Waals surface area contributed by atoms with Gasteiger partial charge in [0.05, 0.1) is 36.7 Å². The fourth-order valence-corrected chi connectivity index (χ4v) is 6.36. The van der Waals surface area contributed by atoms with Crippen LogP contribution in [0.2, 0.25) is 0 Å². The zero-order chi connectivity index (χ0) is 30.4. The van der Waals surface area contributed by atoms with Crippen LogP contribution in [0.25, 0.3) is 0 Å². The van der Waals surface area contributed by atoms with Crippen LogP contribution >= 0.6 is 11.8 Å². The lowest BCUT2D eigenvalue weighted by molar-refractivity contribution is -0.168. The van der Waals surface area contributed by atoms with Crippen molar-refractivity contribution in [2.24, 2.45) is 17.8 Å². The molecular weight excluding hydrogens is 564 g/mol. The smallest absolute Gasteiger partial charge is 0.435 e. The number of fused-ring (bicyclic) bond motifs is 1. The molecule has 15 heteroatoms. The van der Waals surface area contributed by atoms with Crippen molar-refractivity contribution in [1.29, 1.82) is 0 Å². The number of alkyl carbamates (subject to hydrolysis) is 1. The molecule has 2 N–H and O–H groups in total. The van der Waals surface area contributed by atoms with Crippen molar-refractivity contribution in [3.63, 3.8) is 0 Å². The van der Waals surface area contributed by atoms with Crippen molar-refractivity contribution < 1.29 is 57.5 Å². The maximum Gasteiger partial charge on any atom is 0.511 e. The predicted octanol–water partition coefficient (Wildman–Crippen LogP) is 1.89. The molecule has 3 aliphatic heterocycles. The van der Waals surface area contributed by atoms with E-state index in [4.69, 9.17) is 23.7 Å². The molecule has 14 nitrogen and oxygen atoms in total. The minimum absolute atomic E-state index is 0.0284. The predicted molar refractivity (Wildman–Crippen MR) is 142 cm³/mol. The molecule has 3 aliphatic rings. The highest BCUT2D eigenvalue weighted by Crippen LogP contribution is 2.52. The summed E-state index contributed by atoms with van der Waals surface area (Å²) in [6.07, 6.45) is -3.64. The van der Waals surface area contributed by atoms with E-state index < -0.39 is 67.3 Å². The standard InChI is InChI=1S/C26H38N2O12S/c1-7-35-26(34)38-11-37-24(32)20-21(13(4)19-18(14(5)29)22(30)28(19)20)41-17-8-9-36-16(17)10-27-25(33)40-15(6)39-23(31)12(2)3/h12-19,29H,7-11H2,1-6H3,(H,27,33)/t13-,14-,15?,16-,17-,18-,19?/m1/s1. The Morgan fingerprint density at radius 2 is 1.83 bits per heavy atom. The highest BCUT2D eigenvalue weighted by molar-refractivity contribution is 8.03. The van der Waals surface area contributed by atoms with Crippen LogP contribution in [0.4, 0.5) is 9.59 Å². The van der Waals surface area contributed by atoms with Crippen LogP contribution in [0.1, 0.15) is 48.0 Å². The number of rotatable bonds is 12. The van der Waals surface area contributed by atoms with Crippen LogP contribution in [0.3, 0.4) is 0 Å². The molecule has 7 atom stereocenters. The second-order valence-corrected chi connectivity index (χ2v) is 11.4. The third kappa shape index (κ3) is 7.63. The molecule has 2 amide bonds. The van der Waals surface area contributed by atoms with Crippen molar-refractivity contribution >= 4 is 41.9 Å². The third-order valence-electron chi connectivity index (χ3n) is 6.83. The second-order valence-electron chi connectivity index (χ2n) is 10.1. The summed E-state index contributed by atoms with van der Waals surface area (Å²) in [5.41, 5.74) is 0.0284. The maximum absolute atomic E-state index is 13.1. The number of hydrogen-bond donors (Lipinski definition) is 2. The molecule has 0 aromatic rings. The first kappa shape index (κ1) is 32.5. The number of β-lactam (4-membered cyclic amide) rings is 1. The summed E-state index contributed by atoms with van der Waals surface area (Å²) in [7, 11) is 0. The zero-order valence-electron chi connectivity index (χ0n) is 23.9. The molecule has 0 bridgehead atoms. The number of hydrogen-bond acceptors (Lipinski definition) is 13. The van der Waals surface area contributed by atoms with Gasteiger partial charge in [0.25, 0.3) is 0 Å². The van der Waals surface area contributed by atoms with Gasteiger partial charge in [-0.15, -0.1) is 11.8 Å². The molecule has 2 unspecified atom stereocenters. The minimum Gasteiger partial charge on any atom is -0.435 e. The van der Waals surface area contributed by atoms with Gasteiger partial charge in [-0.1, -0.05) is 20.8 Å². The van der Waals surface area contributed by atoms with Gasteiger partial charge in [-0.3, -0.25) is 9.59 Å². The molecular formula is C26H38N2O12S. The average Bonchev–Trinajstić information content (AvgIpc) is 3.42. The molecule has 0 radical (unpaired) electrons. The Hall–Kier alpha value is -3.04. The number of nitrogens with zero attached hydrogens (tertiary/aromatic N) is 1. The topological polar surface area (TPSA) is 176 Å². The van der Waals surface area contributed by atoms with E-state index in [0.29, 0.717) is 17.9 Å². The summed E-state index contributed by atoms with van der Waals surface area (Å²) in [5, 5.41) is 12.6. The second kappa shape index (κ2) is 14.2. The molecule has 230 valence electrons. The van der Waals surface area contributed by atoms with E-state index in [1.165, 1.54) is 30.5 Å². The van der Waals surface area contributed by atoms with Gasteiger partial charge in [0.1, 0.15) is 5.70 Å². The van der Waals surface area contributed by atoms with Gasteiger partial charge in [-0.2, -0.15) is 0 Å². The number of aliphatic hydroxyl groups excluding tert-OH is 1. The number of ether oxygens (including phenoxy) is 6. The molecule has 2 fully saturated rings. The molecule has 2 saturated heterocycles. The fourth-order valence-electron chi connectivity index (χ4n) is 4.85. The average molecular weight is 603 g/mol. The fraction of sp³-hybridized carbons (Fsp3) is 0.731. The Morgan fingerprint density at radius 1 is 1.12 bits per heavy atom. The van der Waals surface area contributed by atoms with E-state index in [0.717, 1.165) is 0 Å². The Labute approximate surface area is 242 Å². The van der Waals surface area contributed by atoms with Gasteiger partial charge in [0, 0.05) is 36.1 Å². The third-order valence-corrected chi connectivity index (χ3v) is 8.49. The summed E-state index contributed by atoms with van der Waals surface area (Å²) in [6, 6.07) is -0.442. The van der Waals surface area contributed by atoms with Gasteiger partial charge in [-0.25, -0.2) is 14.4 Å². The van der Waals surface area contributed by atoms with Gasteiger partial charge in [-0.05, 0) is 20.3 Å². The number of thioether (sulfide) groups is 1. The van der Waals surface area contributed by atoms with E-state index in [1.54, 1.807) is 20.8 Å². The van der Waals surface area contributed by atoms with Crippen LogP contribution < -0.4 is 5.32 Å². The highest BCUT2D eigenvalue weighted by Gasteiger charge is 2.60. The summed E-state index contributed by atoms with van der Waals surface area (Å²) < 4.78 is 30.4. The SMILES string of the molecule is CCOC(=O)OCOC(=O)C1=C(S[C@@H]2CCO[C@@H]2CNC(=O)OC(C)OC(=O)C(C)C)[C@H](C)C2[C@@H]([C@@H](C)O)C(=O)N12. The van der Waals surface area contributed by atoms with Crippen molar-refractivity contribution in [2.45, 2.75) is 77.8 Å². The molecule has 0 spiro atoms. The monoisotopic (exact) mass is 602 g/mol. The summed E-state index contributed by atoms with van der Waals surface area (Å²) in [6.45, 7) is 9.61. The molecule has 0 aromatic heterocycles.